The molecule has 0 aliphatic rings. The van der Waals surface area contributed by atoms with Crippen molar-refractivity contribution in [2.45, 2.75) is 12.6 Å². The Hall–Kier alpha value is -1.15. The highest BCUT2D eigenvalue weighted by Crippen LogP contribution is 2.17. The first-order valence-corrected chi connectivity index (χ1v) is 6.87. The molecule has 1 atom stereocenters. The van der Waals surface area contributed by atoms with Crippen LogP contribution in [0.1, 0.15) is 16.5 Å². The Labute approximate surface area is 113 Å². The van der Waals surface area contributed by atoms with E-state index in [0.717, 1.165) is 16.6 Å². The number of nitrogens with one attached hydrogen (secondary N) is 1. The van der Waals surface area contributed by atoms with Gasteiger partial charge < -0.3 is 0 Å². The lowest BCUT2D eigenvalue weighted by molar-refractivity contribution is 0.636. The highest BCUT2D eigenvalue weighted by molar-refractivity contribution is 9.10. The van der Waals surface area contributed by atoms with Crippen molar-refractivity contribution in [2.24, 2.45) is 0 Å². The number of halogens is 1. The summed E-state index contributed by atoms with van der Waals surface area (Å²) in [6, 6.07) is 13.9. The Balaban J connectivity index is 2.02. The third kappa shape index (κ3) is 3.40. The van der Waals surface area contributed by atoms with Crippen LogP contribution < -0.4 is 5.32 Å². The first kappa shape index (κ1) is 12.3. The molecule has 0 aliphatic heterocycles. The van der Waals surface area contributed by atoms with E-state index in [2.05, 4.69) is 33.4 Å². The number of benzene rings is 1. The summed E-state index contributed by atoms with van der Waals surface area (Å²) in [7, 11) is 0. The molecule has 1 aromatic carbocycles. The molecule has 0 spiro atoms. The first-order valence-electron chi connectivity index (χ1n) is 5.20. The zero-order valence-electron chi connectivity index (χ0n) is 9.06. The van der Waals surface area contributed by atoms with E-state index in [0.29, 0.717) is 0 Å². The highest BCUT2D eigenvalue weighted by Gasteiger charge is 2.09. The molecular formula is C13H11BrN2S. The third-order valence-corrected chi connectivity index (χ3v) is 3.80. The van der Waals surface area contributed by atoms with Gasteiger partial charge in [-0.25, -0.2) is 0 Å². The number of nitrogens with zero attached hydrogens (tertiary/aromatic N) is 1. The maximum absolute atomic E-state index is 9.16. The predicted octanol–water partition coefficient (Wildman–Crippen LogP) is 3.87. The van der Waals surface area contributed by atoms with Crippen molar-refractivity contribution in [3.05, 3.63) is 56.7 Å². The second kappa shape index (κ2) is 5.97. The molecule has 0 radical (unpaired) electrons. The minimum Gasteiger partial charge on any atom is -0.293 e. The normalized spacial score (nSPS) is 12.0. The van der Waals surface area contributed by atoms with Gasteiger partial charge in [0.25, 0.3) is 0 Å². The fourth-order valence-electron chi connectivity index (χ4n) is 1.51. The highest BCUT2D eigenvalue weighted by atomic mass is 79.9. The lowest BCUT2D eigenvalue weighted by Crippen LogP contribution is -2.18. The summed E-state index contributed by atoms with van der Waals surface area (Å²) in [6.07, 6.45) is 0. The van der Waals surface area contributed by atoms with Crippen LogP contribution in [0, 0.1) is 11.3 Å². The second-order valence-electron chi connectivity index (χ2n) is 3.57. The number of hydrogen-bond donors (Lipinski definition) is 1. The van der Waals surface area contributed by atoms with Crippen LogP contribution in [-0.2, 0) is 6.54 Å². The minimum atomic E-state index is -0.259. The van der Waals surface area contributed by atoms with E-state index in [9.17, 15) is 0 Å². The molecule has 0 saturated carbocycles. The van der Waals surface area contributed by atoms with Crippen molar-refractivity contribution in [1.82, 2.24) is 5.32 Å². The number of thiophene rings is 1. The van der Waals surface area contributed by atoms with Gasteiger partial charge in [-0.05, 0) is 29.1 Å². The summed E-state index contributed by atoms with van der Waals surface area (Å²) >= 11 is 5.08. The molecule has 0 bridgehead atoms. The smallest absolute Gasteiger partial charge is 0.121 e. The Bertz CT molecular complexity index is 499. The minimum absolute atomic E-state index is 0.259. The molecule has 17 heavy (non-hydrogen) atoms. The quantitative estimate of drug-likeness (QED) is 0.931. The lowest BCUT2D eigenvalue weighted by atomic mass is 10.1. The molecule has 1 heterocycles. The van der Waals surface area contributed by atoms with Gasteiger partial charge in [0.1, 0.15) is 6.04 Å². The molecule has 86 valence electrons. The summed E-state index contributed by atoms with van der Waals surface area (Å²) in [4.78, 5) is 1.24. The molecule has 0 amide bonds. The van der Waals surface area contributed by atoms with Crippen LogP contribution in [0.4, 0.5) is 0 Å². The van der Waals surface area contributed by atoms with Crippen molar-refractivity contribution in [1.29, 1.82) is 5.26 Å². The molecule has 0 saturated heterocycles. The van der Waals surface area contributed by atoms with Crippen LogP contribution in [0.3, 0.4) is 0 Å². The predicted molar refractivity (Wildman–Crippen MR) is 73.7 cm³/mol. The Morgan fingerprint density at radius 1 is 1.29 bits per heavy atom. The van der Waals surface area contributed by atoms with Gasteiger partial charge in [0.2, 0.25) is 0 Å². The van der Waals surface area contributed by atoms with E-state index in [4.69, 9.17) is 5.26 Å². The molecule has 1 aromatic heterocycles. The first-order chi connectivity index (χ1) is 8.29. The monoisotopic (exact) mass is 306 g/mol. The van der Waals surface area contributed by atoms with Gasteiger partial charge in [-0.1, -0.05) is 34.1 Å². The van der Waals surface area contributed by atoms with Crippen molar-refractivity contribution in [3.63, 3.8) is 0 Å². The zero-order chi connectivity index (χ0) is 12.1. The van der Waals surface area contributed by atoms with Gasteiger partial charge in [0.05, 0.1) is 6.07 Å². The molecule has 1 N–H and O–H groups in total. The van der Waals surface area contributed by atoms with E-state index in [1.165, 1.54) is 4.88 Å². The van der Waals surface area contributed by atoms with E-state index >= 15 is 0 Å². The zero-order valence-corrected chi connectivity index (χ0v) is 11.5. The van der Waals surface area contributed by atoms with Gasteiger partial charge in [-0.3, -0.25) is 5.32 Å². The molecule has 1 unspecified atom stereocenters. The lowest BCUT2D eigenvalue weighted by Gasteiger charge is -2.11. The van der Waals surface area contributed by atoms with Crippen LogP contribution in [0.15, 0.2) is 46.3 Å². The maximum Gasteiger partial charge on any atom is 0.121 e. The Morgan fingerprint density at radius 3 is 2.65 bits per heavy atom. The Kier molecular flexibility index (Phi) is 4.32. The topological polar surface area (TPSA) is 35.8 Å². The maximum atomic E-state index is 9.16. The summed E-state index contributed by atoms with van der Waals surface area (Å²) in [5, 5.41) is 14.4. The number of nitriles is 1. The third-order valence-electron chi connectivity index (χ3n) is 2.39. The SMILES string of the molecule is N#CC(NCc1cccs1)c1ccc(Br)cc1. The molecule has 0 fully saturated rings. The average molecular weight is 307 g/mol. The van der Waals surface area contributed by atoms with Gasteiger partial charge >= 0.3 is 0 Å². The van der Waals surface area contributed by atoms with Gasteiger partial charge in [0.15, 0.2) is 0 Å². The van der Waals surface area contributed by atoms with Crippen LogP contribution >= 0.6 is 27.3 Å². The van der Waals surface area contributed by atoms with Crippen molar-refractivity contribution in [2.75, 3.05) is 0 Å². The van der Waals surface area contributed by atoms with Gasteiger partial charge in [-0.15, -0.1) is 11.3 Å². The van der Waals surface area contributed by atoms with Gasteiger partial charge in [0, 0.05) is 15.9 Å². The molecule has 0 aliphatic carbocycles. The largest absolute Gasteiger partial charge is 0.293 e. The number of rotatable bonds is 4. The van der Waals surface area contributed by atoms with Crippen molar-refractivity contribution < 1.29 is 0 Å². The van der Waals surface area contributed by atoms with E-state index in [1.54, 1.807) is 11.3 Å². The van der Waals surface area contributed by atoms with Crippen LogP contribution in [0.5, 0.6) is 0 Å². The fourth-order valence-corrected chi connectivity index (χ4v) is 2.43. The molecular weight excluding hydrogens is 296 g/mol. The summed E-state index contributed by atoms with van der Waals surface area (Å²) in [6.45, 7) is 0.728. The van der Waals surface area contributed by atoms with Crippen LogP contribution in [-0.4, -0.2) is 0 Å². The van der Waals surface area contributed by atoms with Crippen molar-refractivity contribution >= 4 is 27.3 Å². The van der Waals surface area contributed by atoms with E-state index in [-0.39, 0.29) is 6.04 Å². The number of hydrogen-bond acceptors (Lipinski definition) is 3. The van der Waals surface area contributed by atoms with Gasteiger partial charge in [-0.2, -0.15) is 5.26 Å². The average Bonchev–Trinajstić information content (AvgIpc) is 2.85. The Morgan fingerprint density at radius 2 is 2.06 bits per heavy atom. The van der Waals surface area contributed by atoms with E-state index < -0.39 is 0 Å². The van der Waals surface area contributed by atoms with Crippen molar-refractivity contribution in [3.8, 4) is 6.07 Å². The summed E-state index contributed by atoms with van der Waals surface area (Å²) < 4.78 is 1.02. The molecule has 4 heteroatoms. The molecule has 2 rings (SSSR count). The summed E-state index contributed by atoms with van der Waals surface area (Å²) in [5.74, 6) is 0. The van der Waals surface area contributed by atoms with Crippen LogP contribution in [0.2, 0.25) is 0 Å². The second-order valence-corrected chi connectivity index (χ2v) is 5.52. The molecule has 2 aromatic rings. The van der Waals surface area contributed by atoms with Crippen LogP contribution in [0.25, 0.3) is 0 Å². The standard InChI is InChI=1S/C13H11BrN2S/c14-11-5-3-10(4-6-11)13(8-15)16-9-12-2-1-7-17-12/h1-7,13,16H,9H2. The molecule has 2 nitrogen and oxygen atoms in total. The van der Waals surface area contributed by atoms with E-state index in [1.807, 2.05) is 35.7 Å². The summed E-state index contributed by atoms with van der Waals surface area (Å²) in [5.41, 5.74) is 0.993. The fraction of sp³-hybridized carbons (Fsp3) is 0.154.